The normalized spacial score (nSPS) is 7.57. The summed E-state index contributed by atoms with van der Waals surface area (Å²) in [5.41, 5.74) is 6.80. The number of nitrogens with one attached hydrogen (secondary N) is 1. The van der Waals surface area contributed by atoms with E-state index in [0.717, 1.165) is 0 Å². The SMILES string of the molecule is CC.[NH-]C(=O)C(=O)c1ccccc1.[Y]. The van der Waals surface area contributed by atoms with Crippen molar-refractivity contribution in [2.45, 2.75) is 13.8 Å². The standard InChI is InChI=1S/C8H7NO2.C2H6.Y/c9-8(11)7(10)6-4-2-1-3-5-6;1-2;/h1-5H,(H2,9,11);1-2H3;/p-1. The summed E-state index contributed by atoms with van der Waals surface area (Å²) in [5, 5.41) is 0. The molecule has 0 aliphatic carbocycles. The van der Waals surface area contributed by atoms with Gasteiger partial charge in [0.25, 0.3) is 0 Å². The third-order valence-electron chi connectivity index (χ3n) is 1.24. The van der Waals surface area contributed by atoms with Crippen LogP contribution in [-0.4, -0.2) is 11.7 Å². The van der Waals surface area contributed by atoms with Crippen LogP contribution in [0.5, 0.6) is 0 Å². The number of amides is 1. The van der Waals surface area contributed by atoms with Crippen LogP contribution in [0.4, 0.5) is 0 Å². The second kappa shape index (κ2) is 9.04. The van der Waals surface area contributed by atoms with Gasteiger partial charge in [0, 0.05) is 38.3 Å². The summed E-state index contributed by atoms with van der Waals surface area (Å²) in [6.45, 7) is 4.00. The molecule has 1 rings (SSSR count). The summed E-state index contributed by atoms with van der Waals surface area (Å²) in [6, 6.07) is 8.06. The number of carbonyl (C=O) groups is 2. The Labute approximate surface area is 109 Å². The van der Waals surface area contributed by atoms with Crippen molar-refractivity contribution in [1.82, 2.24) is 0 Å². The molecule has 1 amide bonds. The molecule has 14 heavy (non-hydrogen) atoms. The smallest absolute Gasteiger partial charge is 0.210 e. The van der Waals surface area contributed by atoms with Crippen LogP contribution in [0.1, 0.15) is 24.2 Å². The van der Waals surface area contributed by atoms with E-state index in [4.69, 9.17) is 5.73 Å². The Morgan fingerprint density at radius 1 is 1.07 bits per heavy atom. The van der Waals surface area contributed by atoms with Crippen molar-refractivity contribution in [3.8, 4) is 0 Å². The van der Waals surface area contributed by atoms with Gasteiger partial charge < -0.3 is 10.5 Å². The third kappa shape index (κ3) is 5.25. The minimum absolute atomic E-state index is 0. The van der Waals surface area contributed by atoms with Crippen molar-refractivity contribution in [3.63, 3.8) is 0 Å². The fraction of sp³-hybridized carbons (Fsp3) is 0.200. The molecule has 3 nitrogen and oxygen atoms in total. The maximum Gasteiger partial charge on any atom is 0.210 e. The van der Waals surface area contributed by atoms with E-state index in [2.05, 4.69) is 0 Å². The number of benzene rings is 1. The van der Waals surface area contributed by atoms with Crippen LogP contribution in [0.2, 0.25) is 0 Å². The molecule has 0 unspecified atom stereocenters. The largest absolute Gasteiger partial charge is 0.661 e. The Hall–Kier alpha value is -0.536. The van der Waals surface area contributed by atoms with E-state index in [-0.39, 0.29) is 38.3 Å². The van der Waals surface area contributed by atoms with E-state index in [1.54, 1.807) is 18.2 Å². The molecule has 1 N–H and O–H groups in total. The van der Waals surface area contributed by atoms with Gasteiger partial charge in [-0.2, -0.15) is 0 Å². The first-order valence-corrected chi connectivity index (χ1v) is 4.07. The predicted molar refractivity (Wildman–Crippen MR) is 51.4 cm³/mol. The summed E-state index contributed by atoms with van der Waals surface area (Å²) < 4.78 is 0. The van der Waals surface area contributed by atoms with Gasteiger partial charge in [-0.15, -0.1) is 0 Å². The molecule has 0 spiro atoms. The number of rotatable bonds is 2. The van der Waals surface area contributed by atoms with Crippen molar-refractivity contribution in [2.24, 2.45) is 0 Å². The first-order valence-electron chi connectivity index (χ1n) is 4.07. The number of hydrogen-bond acceptors (Lipinski definition) is 2. The zero-order valence-electron chi connectivity index (χ0n) is 8.28. The molecular weight excluding hydrogens is 255 g/mol. The average molecular weight is 267 g/mol. The van der Waals surface area contributed by atoms with E-state index in [1.165, 1.54) is 12.1 Å². The van der Waals surface area contributed by atoms with Crippen molar-refractivity contribution < 1.29 is 42.3 Å². The van der Waals surface area contributed by atoms with Gasteiger partial charge in [-0.25, -0.2) is 0 Å². The average Bonchev–Trinajstić information content (AvgIpc) is 2.21. The Morgan fingerprint density at radius 3 is 1.86 bits per heavy atom. The van der Waals surface area contributed by atoms with Gasteiger partial charge in [0.15, 0.2) is 0 Å². The Bertz CT molecular complexity index is 285. The van der Waals surface area contributed by atoms with Gasteiger partial charge in [-0.1, -0.05) is 44.2 Å². The molecule has 1 aromatic carbocycles. The predicted octanol–water partition coefficient (Wildman–Crippen LogP) is 2.47. The van der Waals surface area contributed by atoms with Crippen LogP contribution in [0.3, 0.4) is 0 Å². The monoisotopic (exact) mass is 267 g/mol. The zero-order chi connectivity index (χ0) is 10.3. The Kier molecular flexibility index (Phi) is 10.3. The van der Waals surface area contributed by atoms with Crippen LogP contribution in [0.15, 0.2) is 30.3 Å². The molecule has 73 valence electrons. The molecule has 0 atom stereocenters. The van der Waals surface area contributed by atoms with Gasteiger partial charge in [0.1, 0.15) is 5.91 Å². The second-order valence-corrected chi connectivity index (χ2v) is 2.02. The second-order valence-electron chi connectivity index (χ2n) is 2.02. The zero-order valence-corrected chi connectivity index (χ0v) is 11.1. The maximum absolute atomic E-state index is 10.8. The van der Waals surface area contributed by atoms with Gasteiger partial charge in [0.05, 0.1) is 0 Å². The molecule has 0 aliphatic heterocycles. The van der Waals surface area contributed by atoms with Crippen LogP contribution in [0, 0.1) is 0 Å². The Morgan fingerprint density at radius 2 is 1.50 bits per heavy atom. The minimum atomic E-state index is -1.17. The summed E-state index contributed by atoms with van der Waals surface area (Å²) in [5.74, 6) is -1.93. The molecule has 0 fully saturated rings. The molecule has 0 heterocycles. The van der Waals surface area contributed by atoms with Gasteiger partial charge in [0.2, 0.25) is 5.78 Å². The van der Waals surface area contributed by atoms with E-state index < -0.39 is 11.7 Å². The fourth-order valence-corrected chi connectivity index (χ4v) is 0.721. The molecule has 0 aromatic heterocycles. The number of carbonyl (C=O) groups excluding carboxylic acids is 2. The summed E-state index contributed by atoms with van der Waals surface area (Å²) >= 11 is 0. The molecule has 0 bridgehead atoms. The summed E-state index contributed by atoms with van der Waals surface area (Å²) in [7, 11) is 0. The van der Waals surface area contributed by atoms with Crippen molar-refractivity contribution in [1.29, 1.82) is 0 Å². The van der Waals surface area contributed by atoms with Crippen molar-refractivity contribution >= 4 is 11.7 Å². The van der Waals surface area contributed by atoms with Crippen LogP contribution >= 0.6 is 0 Å². The van der Waals surface area contributed by atoms with Crippen LogP contribution in [-0.2, 0) is 37.5 Å². The summed E-state index contributed by atoms with van der Waals surface area (Å²) in [4.78, 5) is 21.1. The quantitative estimate of drug-likeness (QED) is 0.610. The van der Waals surface area contributed by atoms with E-state index in [0.29, 0.717) is 0 Å². The molecule has 0 aliphatic rings. The van der Waals surface area contributed by atoms with E-state index in [9.17, 15) is 9.59 Å². The fourth-order valence-electron chi connectivity index (χ4n) is 0.721. The van der Waals surface area contributed by atoms with E-state index in [1.807, 2.05) is 13.8 Å². The first-order chi connectivity index (χ1) is 6.22. The van der Waals surface area contributed by atoms with E-state index >= 15 is 0 Å². The van der Waals surface area contributed by atoms with Gasteiger partial charge in [-0.05, 0) is 0 Å². The molecular formula is C10H12NO2Y-. The minimum Gasteiger partial charge on any atom is -0.661 e. The number of ketones is 1. The topological polar surface area (TPSA) is 57.9 Å². The van der Waals surface area contributed by atoms with Crippen molar-refractivity contribution in [2.75, 3.05) is 0 Å². The number of hydrogen-bond donors (Lipinski definition) is 0. The molecule has 1 radical (unpaired) electrons. The van der Waals surface area contributed by atoms with Crippen LogP contribution in [0.25, 0.3) is 5.73 Å². The third-order valence-corrected chi connectivity index (χ3v) is 1.24. The van der Waals surface area contributed by atoms with Gasteiger partial charge >= 0.3 is 0 Å². The molecule has 0 saturated heterocycles. The van der Waals surface area contributed by atoms with Crippen LogP contribution < -0.4 is 0 Å². The maximum atomic E-state index is 10.8. The molecule has 4 heteroatoms. The summed E-state index contributed by atoms with van der Waals surface area (Å²) in [6.07, 6.45) is 0. The Balaban J connectivity index is 0. The first kappa shape index (κ1) is 15.9. The van der Waals surface area contributed by atoms with Gasteiger partial charge in [-0.3, -0.25) is 4.79 Å². The molecule has 0 saturated carbocycles. The van der Waals surface area contributed by atoms with Crippen molar-refractivity contribution in [3.05, 3.63) is 41.6 Å². The number of Topliss-reactive ketones (excluding diaryl/α,β-unsaturated/α-hetero) is 1. The molecule has 1 aromatic rings.